The molecule has 0 aromatic carbocycles. The maximum absolute atomic E-state index is 11.7. The maximum atomic E-state index is 11.7. The first kappa shape index (κ1) is 12.7. The second-order valence-electron chi connectivity index (χ2n) is 3.66. The van der Waals surface area contributed by atoms with Crippen LogP contribution in [0.1, 0.15) is 12.8 Å². The fourth-order valence-electron chi connectivity index (χ4n) is 1.65. The van der Waals surface area contributed by atoms with E-state index in [0.29, 0.717) is 26.2 Å². The molecule has 3 amide bonds. The van der Waals surface area contributed by atoms with Gasteiger partial charge in [-0.1, -0.05) is 6.58 Å². The zero-order chi connectivity index (χ0) is 12.0. The molecule has 0 bridgehead atoms. The molecular weight excluding hydrogens is 208 g/mol. The van der Waals surface area contributed by atoms with Gasteiger partial charge in [-0.05, 0) is 18.9 Å². The Kier molecular flexibility index (Phi) is 4.98. The zero-order valence-corrected chi connectivity index (χ0v) is 9.65. The van der Waals surface area contributed by atoms with Gasteiger partial charge in [-0.25, -0.2) is 4.79 Å². The summed E-state index contributed by atoms with van der Waals surface area (Å²) in [5.41, 5.74) is 0. The largest absolute Gasteiger partial charge is 0.385 e. The molecule has 0 aromatic rings. The Balaban J connectivity index is 2.33. The molecule has 0 aromatic heterocycles. The third kappa shape index (κ3) is 3.06. The third-order valence-corrected chi connectivity index (χ3v) is 2.56. The molecule has 1 saturated heterocycles. The third-order valence-electron chi connectivity index (χ3n) is 2.56. The first-order chi connectivity index (χ1) is 7.70. The average molecular weight is 226 g/mol. The highest BCUT2D eigenvalue weighted by Gasteiger charge is 2.30. The molecule has 1 heterocycles. The number of nitrogens with zero attached hydrogens (tertiary/aromatic N) is 2. The number of ether oxygens (including phenoxy) is 1. The molecule has 0 radical (unpaired) electrons. The second-order valence-corrected chi connectivity index (χ2v) is 3.66. The number of hydrogen-bond donors (Lipinski definition) is 0. The van der Waals surface area contributed by atoms with Crippen LogP contribution in [0.15, 0.2) is 12.7 Å². The van der Waals surface area contributed by atoms with Gasteiger partial charge < -0.3 is 9.64 Å². The van der Waals surface area contributed by atoms with Crippen LogP contribution in [0.25, 0.3) is 0 Å². The summed E-state index contributed by atoms with van der Waals surface area (Å²) < 4.78 is 4.93. The molecule has 0 N–H and O–H groups in total. The normalized spacial score (nSPS) is 15.7. The SMILES string of the molecule is C=CC(=O)N1CCN(CCCCOC)C1=O. The Morgan fingerprint density at radius 1 is 1.50 bits per heavy atom. The predicted octanol–water partition coefficient (Wildman–Crippen LogP) is 0.863. The number of urea groups is 1. The van der Waals surface area contributed by atoms with Gasteiger partial charge in [0.25, 0.3) is 5.91 Å². The summed E-state index contributed by atoms with van der Waals surface area (Å²) in [6, 6.07) is -0.206. The van der Waals surface area contributed by atoms with E-state index < -0.39 is 0 Å². The van der Waals surface area contributed by atoms with E-state index in [9.17, 15) is 9.59 Å². The number of amides is 3. The van der Waals surface area contributed by atoms with Crippen LogP contribution in [0.3, 0.4) is 0 Å². The summed E-state index contributed by atoms with van der Waals surface area (Å²) in [5.74, 6) is -0.315. The zero-order valence-electron chi connectivity index (χ0n) is 9.65. The smallest absolute Gasteiger partial charge is 0.327 e. The minimum Gasteiger partial charge on any atom is -0.385 e. The molecule has 0 spiro atoms. The Bertz CT molecular complexity index is 278. The van der Waals surface area contributed by atoms with Gasteiger partial charge in [-0.2, -0.15) is 0 Å². The lowest BCUT2D eigenvalue weighted by Crippen LogP contribution is -2.35. The quantitative estimate of drug-likeness (QED) is 0.498. The van der Waals surface area contributed by atoms with Crippen molar-refractivity contribution in [3.05, 3.63) is 12.7 Å². The number of methoxy groups -OCH3 is 1. The Hall–Kier alpha value is -1.36. The topological polar surface area (TPSA) is 49.9 Å². The van der Waals surface area contributed by atoms with Gasteiger partial charge in [-0.3, -0.25) is 9.69 Å². The van der Waals surface area contributed by atoms with Crippen LogP contribution < -0.4 is 0 Å². The molecule has 0 aliphatic carbocycles. The van der Waals surface area contributed by atoms with Crippen LogP contribution in [0.4, 0.5) is 4.79 Å². The van der Waals surface area contributed by atoms with Crippen LogP contribution >= 0.6 is 0 Å². The van der Waals surface area contributed by atoms with Crippen LogP contribution in [0, 0.1) is 0 Å². The van der Waals surface area contributed by atoms with Crippen molar-refractivity contribution in [1.29, 1.82) is 0 Å². The minimum atomic E-state index is -0.315. The van der Waals surface area contributed by atoms with Crippen molar-refractivity contribution in [3.63, 3.8) is 0 Å². The molecule has 1 rings (SSSR count). The number of imide groups is 1. The monoisotopic (exact) mass is 226 g/mol. The molecule has 5 heteroatoms. The average Bonchev–Trinajstić information content (AvgIpc) is 2.65. The highest BCUT2D eigenvalue weighted by molar-refractivity contribution is 6.01. The second kappa shape index (κ2) is 6.27. The van der Waals surface area contributed by atoms with Crippen molar-refractivity contribution < 1.29 is 14.3 Å². The highest BCUT2D eigenvalue weighted by Crippen LogP contribution is 2.10. The summed E-state index contributed by atoms with van der Waals surface area (Å²) in [6.07, 6.45) is 3.00. The molecule has 1 fully saturated rings. The van der Waals surface area contributed by atoms with Gasteiger partial charge in [0.05, 0.1) is 0 Å². The van der Waals surface area contributed by atoms with Gasteiger partial charge >= 0.3 is 6.03 Å². The number of hydrogen-bond acceptors (Lipinski definition) is 3. The first-order valence-electron chi connectivity index (χ1n) is 5.42. The summed E-state index contributed by atoms with van der Waals surface area (Å²) in [5, 5.41) is 0. The molecule has 5 nitrogen and oxygen atoms in total. The van der Waals surface area contributed by atoms with Gasteiger partial charge in [0, 0.05) is 33.4 Å². The van der Waals surface area contributed by atoms with Gasteiger partial charge in [0.2, 0.25) is 0 Å². The molecule has 0 saturated carbocycles. The van der Waals surface area contributed by atoms with Gasteiger partial charge in [0.1, 0.15) is 0 Å². The van der Waals surface area contributed by atoms with Crippen molar-refractivity contribution in [3.8, 4) is 0 Å². The molecule has 16 heavy (non-hydrogen) atoms. The van der Waals surface area contributed by atoms with E-state index in [4.69, 9.17) is 4.74 Å². The lowest BCUT2D eigenvalue weighted by molar-refractivity contribution is -0.122. The van der Waals surface area contributed by atoms with Crippen LogP contribution in [-0.4, -0.2) is 55.1 Å². The lowest BCUT2D eigenvalue weighted by Gasteiger charge is -2.16. The van der Waals surface area contributed by atoms with E-state index in [2.05, 4.69) is 6.58 Å². The fraction of sp³-hybridized carbons (Fsp3) is 0.636. The van der Waals surface area contributed by atoms with E-state index in [1.165, 1.54) is 11.0 Å². The predicted molar refractivity (Wildman–Crippen MR) is 60.0 cm³/mol. The van der Waals surface area contributed by atoms with E-state index in [1.807, 2.05) is 0 Å². The maximum Gasteiger partial charge on any atom is 0.327 e. The van der Waals surface area contributed by atoms with Crippen LogP contribution in [0.2, 0.25) is 0 Å². The summed E-state index contributed by atoms with van der Waals surface area (Å²) >= 11 is 0. The van der Waals surface area contributed by atoms with E-state index in [-0.39, 0.29) is 11.9 Å². The van der Waals surface area contributed by atoms with Crippen molar-refractivity contribution >= 4 is 11.9 Å². The van der Waals surface area contributed by atoms with Gasteiger partial charge in [-0.15, -0.1) is 0 Å². The van der Waals surface area contributed by atoms with E-state index >= 15 is 0 Å². The Labute approximate surface area is 95.6 Å². The molecule has 0 atom stereocenters. The van der Waals surface area contributed by atoms with E-state index in [0.717, 1.165) is 12.8 Å². The van der Waals surface area contributed by atoms with Crippen LogP contribution in [0.5, 0.6) is 0 Å². The molecule has 90 valence electrons. The van der Waals surface area contributed by atoms with Crippen molar-refractivity contribution in [2.75, 3.05) is 33.4 Å². The molecule has 0 unspecified atom stereocenters. The highest BCUT2D eigenvalue weighted by atomic mass is 16.5. The standard InChI is InChI=1S/C11H18N2O3/c1-3-10(14)13-8-7-12(11(13)15)6-4-5-9-16-2/h3H,1,4-9H2,2H3. The van der Waals surface area contributed by atoms with Crippen molar-refractivity contribution in [2.45, 2.75) is 12.8 Å². The number of unbranched alkanes of at least 4 members (excludes halogenated alkanes) is 1. The Morgan fingerprint density at radius 2 is 2.25 bits per heavy atom. The summed E-state index contributed by atoms with van der Waals surface area (Å²) in [6.45, 7) is 5.84. The molecule has 1 aliphatic heterocycles. The number of carbonyl (C=O) groups excluding carboxylic acids is 2. The minimum absolute atomic E-state index is 0.206. The van der Waals surface area contributed by atoms with Crippen molar-refractivity contribution in [2.24, 2.45) is 0 Å². The first-order valence-corrected chi connectivity index (χ1v) is 5.42. The fourth-order valence-corrected chi connectivity index (χ4v) is 1.65. The number of rotatable bonds is 6. The van der Waals surface area contributed by atoms with Crippen molar-refractivity contribution in [1.82, 2.24) is 9.80 Å². The summed E-state index contributed by atoms with van der Waals surface area (Å²) in [4.78, 5) is 25.9. The molecular formula is C11H18N2O3. The van der Waals surface area contributed by atoms with Crippen LogP contribution in [-0.2, 0) is 9.53 Å². The number of carbonyl (C=O) groups is 2. The molecule has 1 aliphatic rings. The summed E-state index contributed by atoms with van der Waals surface area (Å²) in [7, 11) is 1.66. The van der Waals surface area contributed by atoms with Gasteiger partial charge in [0.15, 0.2) is 0 Å². The Morgan fingerprint density at radius 3 is 2.88 bits per heavy atom. The van der Waals surface area contributed by atoms with E-state index in [1.54, 1.807) is 12.0 Å². The lowest BCUT2D eigenvalue weighted by atomic mass is 10.3.